The zero-order valence-corrected chi connectivity index (χ0v) is 17.2. The first kappa shape index (κ1) is 19.5. The molecule has 6 nitrogen and oxygen atoms in total. The lowest BCUT2D eigenvalue weighted by molar-refractivity contribution is 0.625. The second-order valence-corrected chi connectivity index (χ2v) is 7.61. The summed E-state index contributed by atoms with van der Waals surface area (Å²) in [4.78, 5) is 13.8. The third kappa shape index (κ3) is 3.73. The van der Waals surface area contributed by atoms with E-state index in [0.717, 1.165) is 27.7 Å². The van der Waals surface area contributed by atoms with E-state index in [9.17, 15) is 4.39 Å². The average Bonchev–Trinajstić information content (AvgIpc) is 3.45. The zero-order valence-electron chi connectivity index (χ0n) is 16.5. The van der Waals surface area contributed by atoms with E-state index in [0.29, 0.717) is 41.6 Å². The molecule has 3 aromatic heterocycles. The molecule has 4 aromatic rings. The molecule has 1 aliphatic rings. The van der Waals surface area contributed by atoms with Gasteiger partial charge in [-0.15, -0.1) is 0 Å². The summed E-state index contributed by atoms with van der Waals surface area (Å²) in [5, 5.41) is 4.78. The van der Waals surface area contributed by atoms with Crippen LogP contribution < -0.4 is 5.73 Å². The minimum atomic E-state index is -0.366. The van der Waals surface area contributed by atoms with E-state index in [-0.39, 0.29) is 5.82 Å². The predicted octanol–water partition coefficient (Wildman–Crippen LogP) is 4.13. The highest BCUT2D eigenvalue weighted by Crippen LogP contribution is 2.28. The van der Waals surface area contributed by atoms with Crippen LogP contribution in [0.2, 0.25) is 5.02 Å². The van der Waals surface area contributed by atoms with E-state index >= 15 is 0 Å². The van der Waals surface area contributed by atoms with Crippen molar-refractivity contribution in [1.82, 2.24) is 19.7 Å². The van der Waals surface area contributed by atoms with Crippen molar-refractivity contribution in [3.8, 4) is 11.1 Å². The van der Waals surface area contributed by atoms with Crippen LogP contribution in [0.25, 0.3) is 27.7 Å². The number of hydrogen-bond acceptors (Lipinski definition) is 5. The summed E-state index contributed by atoms with van der Waals surface area (Å²) >= 11 is 6.09. The van der Waals surface area contributed by atoms with Gasteiger partial charge in [-0.3, -0.25) is 14.7 Å². The number of benzene rings is 1. The summed E-state index contributed by atoms with van der Waals surface area (Å²) in [6.45, 7) is 1.64. The molecule has 0 aliphatic carbocycles. The normalized spacial score (nSPS) is 13.5. The maximum Gasteiger partial charge on any atom is 0.132 e. The van der Waals surface area contributed by atoms with E-state index in [4.69, 9.17) is 22.3 Å². The molecule has 0 spiro atoms. The number of hydrogen-bond donors (Lipinski definition) is 1. The van der Waals surface area contributed by atoms with Crippen LogP contribution in [0.4, 0.5) is 4.39 Å². The van der Waals surface area contributed by atoms with E-state index < -0.39 is 0 Å². The van der Waals surface area contributed by atoms with E-state index in [1.54, 1.807) is 23.1 Å². The molecule has 2 N–H and O–H groups in total. The molecule has 154 valence electrons. The Morgan fingerprint density at radius 1 is 1.06 bits per heavy atom. The van der Waals surface area contributed by atoms with Crippen LogP contribution in [-0.4, -0.2) is 38.5 Å². The van der Waals surface area contributed by atoms with Crippen molar-refractivity contribution in [2.45, 2.75) is 6.54 Å². The fourth-order valence-corrected chi connectivity index (χ4v) is 3.80. The number of nitrogens with two attached hydrogens (primary N) is 1. The Morgan fingerprint density at radius 2 is 1.97 bits per heavy atom. The molecule has 0 fully saturated rings. The molecule has 5 rings (SSSR count). The van der Waals surface area contributed by atoms with Gasteiger partial charge in [0.25, 0.3) is 0 Å². The molecule has 0 amide bonds. The Labute approximate surface area is 182 Å². The molecule has 8 heteroatoms. The van der Waals surface area contributed by atoms with Gasteiger partial charge in [0, 0.05) is 46.2 Å². The number of nitrogens with zero attached hydrogens (tertiary/aromatic N) is 5. The lowest BCUT2D eigenvalue weighted by Crippen LogP contribution is -2.09. The van der Waals surface area contributed by atoms with Gasteiger partial charge in [0.05, 0.1) is 41.7 Å². The third-order valence-electron chi connectivity index (χ3n) is 5.12. The molecule has 0 saturated heterocycles. The van der Waals surface area contributed by atoms with Gasteiger partial charge in [0.1, 0.15) is 5.82 Å². The minimum Gasteiger partial charge on any atom is -0.329 e. The van der Waals surface area contributed by atoms with Crippen LogP contribution in [-0.2, 0) is 6.54 Å². The average molecular weight is 433 g/mol. The lowest BCUT2D eigenvalue weighted by Gasteiger charge is -2.10. The van der Waals surface area contributed by atoms with Crippen molar-refractivity contribution in [3.63, 3.8) is 0 Å². The molecule has 0 atom stereocenters. The van der Waals surface area contributed by atoms with Crippen molar-refractivity contribution >= 4 is 33.9 Å². The van der Waals surface area contributed by atoms with Crippen LogP contribution in [0.3, 0.4) is 0 Å². The number of pyridine rings is 2. The van der Waals surface area contributed by atoms with Crippen molar-refractivity contribution in [1.29, 1.82) is 0 Å². The fraction of sp³-hybridized carbons (Fsp3) is 0.130. The topological polar surface area (TPSA) is 82.0 Å². The monoisotopic (exact) mass is 432 g/mol. The van der Waals surface area contributed by atoms with E-state index in [2.05, 4.69) is 15.1 Å². The highest BCUT2D eigenvalue weighted by molar-refractivity contribution is 6.35. The molecular formula is C23H18ClFN6. The van der Waals surface area contributed by atoms with E-state index in [1.807, 2.05) is 30.5 Å². The van der Waals surface area contributed by atoms with Crippen molar-refractivity contribution in [2.75, 3.05) is 13.1 Å². The Balaban J connectivity index is 1.53. The van der Waals surface area contributed by atoms with Gasteiger partial charge in [0.15, 0.2) is 0 Å². The summed E-state index contributed by atoms with van der Waals surface area (Å²) < 4.78 is 16.2. The van der Waals surface area contributed by atoms with Gasteiger partial charge in [-0.2, -0.15) is 5.10 Å². The zero-order chi connectivity index (χ0) is 21.4. The molecule has 0 bridgehead atoms. The first-order chi connectivity index (χ1) is 15.1. The van der Waals surface area contributed by atoms with Crippen molar-refractivity contribution in [3.05, 3.63) is 83.2 Å². The van der Waals surface area contributed by atoms with Crippen molar-refractivity contribution < 1.29 is 4.39 Å². The lowest BCUT2D eigenvalue weighted by atomic mass is 9.99. The summed E-state index contributed by atoms with van der Waals surface area (Å²) in [6, 6.07) is 10.2. The van der Waals surface area contributed by atoms with Crippen LogP contribution in [0.5, 0.6) is 0 Å². The fourth-order valence-electron chi connectivity index (χ4n) is 3.63. The molecule has 0 saturated carbocycles. The number of allylic oxidation sites excluding steroid dienone is 1. The summed E-state index contributed by atoms with van der Waals surface area (Å²) in [5.74, 6) is -0.366. The number of halogens is 2. The van der Waals surface area contributed by atoms with Crippen LogP contribution in [0.1, 0.15) is 11.3 Å². The third-order valence-corrected chi connectivity index (χ3v) is 5.36. The summed E-state index contributed by atoms with van der Waals surface area (Å²) in [5.41, 5.74) is 11.4. The smallest absolute Gasteiger partial charge is 0.132 e. The molecule has 31 heavy (non-hydrogen) atoms. The maximum absolute atomic E-state index is 14.4. The first-order valence-corrected chi connectivity index (χ1v) is 10.2. The molecule has 4 heterocycles. The van der Waals surface area contributed by atoms with Crippen LogP contribution in [0.15, 0.2) is 66.1 Å². The van der Waals surface area contributed by atoms with Gasteiger partial charge in [-0.05, 0) is 36.4 Å². The van der Waals surface area contributed by atoms with Gasteiger partial charge >= 0.3 is 0 Å². The SMILES string of the molecule is NCCn1cc(-c2cnc3ccc(C4=CCN=C4c4cc(Cl)ccc4F)nc3c2)cn1. The summed E-state index contributed by atoms with van der Waals surface area (Å²) in [6.07, 6.45) is 7.47. The molecule has 0 unspecified atom stereocenters. The van der Waals surface area contributed by atoms with Gasteiger partial charge in [0.2, 0.25) is 0 Å². The Morgan fingerprint density at radius 3 is 2.84 bits per heavy atom. The predicted molar refractivity (Wildman–Crippen MR) is 121 cm³/mol. The molecular weight excluding hydrogens is 415 g/mol. The minimum absolute atomic E-state index is 0.366. The maximum atomic E-state index is 14.4. The second kappa shape index (κ2) is 8.02. The molecule has 0 radical (unpaired) electrons. The second-order valence-electron chi connectivity index (χ2n) is 7.17. The van der Waals surface area contributed by atoms with Gasteiger partial charge in [-0.1, -0.05) is 17.7 Å². The van der Waals surface area contributed by atoms with E-state index in [1.165, 1.54) is 12.1 Å². The standard InChI is InChI=1S/C23H18ClFN6/c24-16-1-2-19(25)18(10-16)23-17(5-7-27-23)20-3-4-21-22(30-20)9-14(11-28-21)15-12-29-31(13-15)8-6-26/h1-5,9-13H,6-8,26H2. The van der Waals surface area contributed by atoms with Crippen LogP contribution in [0, 0.1) is 5.82 Å². The Kier molecular flexibility index (Phi) is 5.05. The first-order valence-electron chi connectivity index (χ1n) is 9.83. The number of aliphatic imine (C=N–C) groups is 1. The van der Waals surface area contributed by atoms with Crippen molar-refractivity contribution in [2.24, 2.45) is 10.7 Å². The van der Waals surface area contributed by atoms with Gasteiger partial charge in [-0.25, -0.2) is 9.37 Å². The highest BCUT2D eigenvalue weighted by Gasteiger charge is 2.21. The molecule has 1 aromatic carbocycles. The Bertz CT molecular complexity index is 1360. The highest BCUT2D eigenvalue weighted by atomic mass is 35.5. The largest absolute Gasteiger partial charge is 0.329 e. The summed E-state index contributed by atoms with van der Waals surface area (Å²) in [7, 11) is 0. The number of rotatable bonds is 5. The Hall–Kier alpha value is -3.42. The number of aromatic nitrogens is 4. The quantitative estimate of drug-likeness (QED) is 0.514. The van der Waals surface area contributed by atoms with Gasteiger partial charge < -0.3 is 5.73 Å². The molecule has 1 aliphatic heterocycles. The van der Waals surface area contributed by atoms with Crippen LogP contribution >= 0.6 is 11.6 Å². The number of fused-ring (bicyclic) bond motifs is 1.